The number of nitrogens with zero attached hydrogens (tertiary/aromatic N) is 3. The van der Waals surface area contributed by atoms with Crippen LogP contribution in [0, 0.1) is 13.8 Å². The first-order chi connectivity index (χ1) is 12.1. The number of amides is 1. The predicted molar refractivity (Wildman–Crippen MR) is 101 cm³/mol. The van der Waals surface area contributed by atoms with E-state index in [1.165, 1.54) is 12.8 Å². The van der Waals surface area contributed by atoms with Crippen LogP contribution in [0.1, 0.15) is 54.4 Å². The first-order valence-corrected chi connectivity index (χ1v) is 9.07. The molecule has 0 radical (unpaired) electrons. The summed E-state index contributed by atoms with van der Waals surface area (Å²) in [4.78, 5) is 24.0. The molecule has 132 valence electrons. The molecule has 1 N–H and O–H groups in total. The summed E-state index contributed by atoms with van der Waals surface area (Å²) in [5.41, 5.74) is 3.18. The minimum absolute atomic E-state index is 0.194. The molecule has 2 aromatic rings. The summed E-state index contributed by atoms with van der Waals surface area (Å²) in [6, 6.07) is 9.97. The normalized spacial score (nSPS) is 17.4. The molecule has 1 aromatic heterocycles. The highest BCUT2D eigenvalue weighted by molar-refractivity contribution is 6.03. The third kappa shape index (κ3) is 4.16. The summed E-state index contributed by atoms with van der Waals surface area (Å²) in [6.45, 7) is 7.10. The Hall–Kier alpha value is -2.43. The van der Waals surface area contributed by atoms with E-state index in [9.17, 15) is 4.79 Å². The number of hydrogen-bond acceptors (Lipinski definition) is 4. The van der Waals surface area contributed by atoms with Gasteiger partial charge in [0.25, 0.3) is 5.91 Å². The second-order valence-corrected chi connectivity index (χ2v) is 6.77. The molecule has 1 aliphatic rings. The Morgan fingerprint density at radius 2 is 1.96 bits per heavy atom. The van der Waals surface area contributed by atoms with Crippen LogP contribution in [0.25, 0.3) is 0 Å². The van der Waals surface area contributed by atoms with Crippen LogP contribution in [0.4, 0.5) is 11.6 Å². The third-order valence-corrected chi connectivity index (χ3v) is 4.74. The molecule has 1 atom stereocenters. The van der Waals surface area contributed by atoms with Gasteiger partial charge in [-0.1, -0.05) is 24.6 Å². The fraction of sp³-hybridized carbons (Fsp3) is 0.450. The Morgan fingerprint density at radius 3 is 2.68 bits per heavy atom. The van der Waals surface area contributed by atoms with Crippen molar-refractivity contribution in [1.29, 1.82) is 0 Å². The van der Waals surface area contributed by atoms with Gasteiger partial charge in [0.15, 0.2) is 0 Å². The zero-order valence-electron chi connectivity index (χ0n) is 15.2. The maximum atomic E-state index is 12.6. The summed E-state index contributed by atoms with van der Waals surface area (Å²) in [5.74, 6) is 0.487. The van der Waals surface area contributed by atoms with Crippen molar-refractivity contribution < 1.29 is 4.79 Å². The molecule has 1 saturated heterocycles. The highest BCUT2D eigenvalue weighted by atomic mass is 16.1. The molecule has 1 amide bonds. The quantitative estimate of drug-likeness (QED) is 0.911. The van der Waals surface area contributed by atoms with Gasteiger partial charge in [-0.05, 0) is 57.7 Å². The highest BCUT2D eigenvalue weighted by Gasteiger charge is 2.24. The minimum Gasteiger partial charge on any atom is -0.338 e. The van der Waals surface area contributed by atoms with E-state index in [-0.39, 0.29) is 5.91 Å². The minimum atomic E-state index is -0.194. The second kappa shape index (κ2) is 7.64. The largest absolute Gasteiger partial charge is 0.338 e. The topological polar surface area (TPSA) is 58.1 Å². The summed E-state index contributed by atoms with van der Waals surface area (Å²) in [5, 5.41) is 2.92. The number of piperidine rings is 1. The maximum absolute atomic E-state index is 12.6. The molecule has 1 aliphatic heterocycles. The van der Waals surface area contributed by atoms with Crippen molar-refractivity contribution in [2.24, 2.45) is 0 Å². The molecule has 1 aromatic carbocycles. The lowest BCUT2D eigenvalue weighted by Gasteiger charge is -2.35. The molecular weight excluding hydrogens is 312 g/mol. The van der Waals surface area contributed by atoms with Crippen LogP contribution in [0.15, 0.2) is 30.3 Å². The van der Waals surface area contributed by atoms with E-state index in [2.05, 4.69) is 27.1 Å². The Balaban J connectivity index is 1.83. The fourth-order valence-corrected chi connectivity index (χ4v) is 3.32. The molecule has 1 fully saturated rings. The second-order valence-electron chi connectivity index (χ2n) is 6.77. The van der Waals surface area contributed by atoms with Gasteiger partial charge in [-0.2, -0.15) is 0 Å². The molecule has 5 heteroatoms. The molecular formula is C20H26N4O. The van der Waals surface area contributed by atoms with Crippen LogP contribution in [0.2, 0.25) is 0 Å². The zero-order valence-corrected chi connectivity index (χ0v) is 15.2. The average Bonchev–Trinajstić information content (AvgIpc) is 2.63. The highest BCUT2D eigenvalue weighted by Crippen LogP contribution is 2.24. The summed E-state index contributed by atoms with van der Waals surface area (Å²) in [6.07, 6.45) is 4.64. The van der Waals surface area contributed by atoms with Crippen molar-refractivity contribution in [2.45, 2.75) is 52.5 Å². The third-order valence-electron chi connectivity index (χ3n) is 4.74. The van der Waals surface area contributed by atoms with E-state index in [1.807, 2.05) is 38.1 Å². The van der Waals surface area contributed by atoms with Crippen molar-refractivity contribution in [2.75, 3.05) is 16.8 Å². The summed E-state index contributed by atoms with van der Waals surface area (Å²) >= 11 is 0. The van der Waals surface area contributed by atoms with Gasteiger partial charge in [0.1, 0.15) is 5.69 Å². The average molecular weight is 338 g/mol. The first-order valence-electron chi connectivity index (χ1n) is 9.07. The van der Waals surface area contributed by atoms with Crippen molar-refractivity contribution in [1.82, 2.24) is 9.97 Å². The summed E-state index contributed by atoms with van der Waals surface area (Å²) in [7, 11) is 0. The summed E-state index contributed by atoms with van der Waals surface area (Å²) < 4.78 is 0. The Morgan fingerprint density at radius 1 is 1.20 bits per heavy atom. The van der Waals surface area contributed by atoms with Gasteiger partial charge in [-0.3, -0.25) is 4.79 Å². The number of nitrogens with one attached hydrogen (secondary N) is 1. The van der Waals surface area contributed by atoms with Crippen LogP contribution in [0.5, 0.6) is 0 Å². The smallest absolute Gasteiger partial charge is 0.274 e. The lowest BCUT2D eigenvalue weighted by Crippen LogP contribution is -2.40. The zero-order chi connectivity index (χ0) is 17.8. The van der Waals surface area contributed by atoms with Gasteiger partial charge in [-0.15, -0.1) is 0 Å². The lowest BCUT2D eigenvalue weighted by atomic mass is 10.0. The monoisotopic (exact) mass is 338 g/mol. The number of hydrogen-bond donors (Lipinski definition) is 1. The van der Waals surface area contributed by atoms with Crippen LogP contribution in [-0.2, 0) is 0 Å². The van der Waals surface area contributed by atoms with E-state index >= 15 is 0 Å². The number of rotatable bonds is 4. The Labute approximate surface area is 149 Å². The van der Waals surface area contributed by atoms with Gasteiger partial charge in [0, 0.05) is 24.0 Å². The molecule has 0 spiro atoms. The maximum Gasteiger partial charge on any atom is 0.274 e. The van der Waals surface area contributed by atoms with Crippen molar-refractivity contribution in [3.8, 4) is 0 Å². The van der Waals surface area contributed by atoms with Gasteiger partial charge >= 0.3 is 0 Å². The molecule has 0 saturated carbocycles. The molecule has 2 heterocycles. The van der Waals surface area contributed by atoms with Crippen molar-refractivity contribution in [3.63, 3.8) is 0 Å². The predicted octanol–water partition coefficient (Wildman–Crippen LogP) is 4.11. The van der Waals surface area contributed by atoms with Gasteiger partial charge in [-0.25, -0.2) is 9.97 Å². The molecule has 1 unspecified atom stereocenters. The number of aromatic nitrogens is 2. The number of anilines is 2. The van der Waals surface area contributed by atoms with Crippen LogP contribution in [-0.4, -0.2) is 28.5 Å². The Bertz CT molecular complexity index is 742. The van der Waals surface area contributed by atoms with E-state index in [1.54, 1.807) is 6.07 Å². The van der Waals surface area contributed by atoms with Crippen molar-refractivity contribution in [3.05, 3.63) is 47.3 Å². The molecule has 0 bridgehead atoms. The van der Waals surface area contributed by atoms with Crippen LogP contribution in [0.3, 0.4) is 0 Å². The molecule has 0 aliphatic carbocycles. The van der Waals surface area contributed by atoms with E-state index in [0.29, 0.717) is 17.7 Å². The SMILES string of the molecule is CCC1CCCCN1c1nc(C)cc(C(=O)Nc2ccc(C)cc2)n1. The van der Waals surface area contributed by atoms with E-state index < -0.39 is 0 Å². The first kappa shape index (κ1) is 17.4. The molecule has 5 nitrogen and oxygen atoms in total. The number of aryl methyl sites for hydroxylation is 2. The number of benzene rings is 1. The standard InChI is InChI=1S/C20H26N4O/c1-4-17-7-5-6-12-24(17)20-21-15(3)13-18(23-20)19(25)22-16-10-8-14(2)9-11-16/h8-11,13,17H,4-7,12H2,1-3H3,(H,22,25). The van der Waals surface area contributed by atoms with E-state index in [0.717, 1.165) is 36.3 Å². The van der Waals surface area contributed by atoms with Gasteiger partial charge in [0.2, 0.25) is 5.95 Å². The molecule has 3 rings (SSSR count). The van der Waals surface area contributed by atoms with Gasteiger partial charge < -0.3 is 10.2 Å². The van der Waals surface area contributed by atoms with Crippen molar-refractivity contribution >= 4 is 17.5 Å². The van der Waals surface area contributed by atoms with Gasteiger partial charge in [0.05, 0.1) is 0 Å². The number of carbonyl (C=O) groups excluding carboxylic acids is 1. The van der Waals surface area contributed by atoms with E-state index in [4.69, 9.17) is 0 Å². The molecule has 25 heavy (non-hydrogen) atoms. The number of carbonyl (C=O) groups is 1. The van der Waals surface area contributed by atoms with Crippen LogP contribution < -0.4 is 10.2 Å². The van der Waals surface area contributed by atoms with Crippen LogP contribution >= 0.6 is 0 Å². The fourth-order valence-electron chi connectivity index (χ4n) is 3.32. The Kier molecular flexibility index (Phi) is 5.31. The lowest BCUT2D eigenvalue weighted by molar-refractivity contribution is 0.102.